The number of halogens is 3. The van der Waals surface area contributed by atoms with E-state index in [1.165, 1.54) is 17.0 Å². The van der Waals surface area contributed by atoms with Crippen molar-refractivity contribution in [3.8, 4) is 33.1 Å². The third-order valence-corrected chi connectivity index (χ3v) is 16.0. The Kier molecular flexibility index (Phi) is 18.4. The van der Waals surface area contributed by atoms with E-state index in [0.717, 1.165) is 38.0 Å². The van der Waals surface area contributed by atoms with E-state index in [0.29, 0.717) is 45.7 Å². The van der Waals surface area contributed by atoms with Gasteiger partial charge in [0.05, 0.1) is 60.3 Å². The SMILES string of the molecule is Cc1ncsc1-c1ccc([C@H](C)NC(=O)[C@@H]2C[C@@H](O)CN2C(=O)[C@@H](NC(=O)CCOCCOCCN2CCC(CNC(=O)c3cccc(-c4noc(C(F)(F)F)n4)c3)(c3nc(-c4ccccc4)cs3)CC2)C(C)(C)C)cc1. The Hall–Kier alpha value is -6.43. The molecule has 410 valence electrons. The number of ether oxygens (including phenoxy) is 2. The van der Waals surface area contributed by atoms with E-state index in [2.05, 4.69) is 40.5 Å². The van der Waals surface area contributed by atoms with Gasteiger partial charge in [-0.15, -0.1) is 22.7 Å². The van der Waals surface area contributed by atoms with Crippen molar-refractivity contribution in [3.05, 3.63) is 117 Å². The van der Waals surface area contributed by atoms with Crippen LogP contribution in [-0.2, 0) is 35.4 Å². The predicted molar refractivity (Wildman–Crippen MR) is 285 cm³/mol. The molecule has 0 spiro atoms. The zero-order valence-electron chi connectivity index (χ0n) is 43.6. The van der Waals surface area contributed by atoms with Crippen LogP contribution in [0.2, 0.25) is 0 Å². The number of likely N-dealkylation sites (tertiary alicyclic amines) is 2. The van der Waals surface area contributed by atoms with E-state index in [-0.39, 0.29) is 74.0 Å². The van der Waals surface area contributed by atoms with E-state index in [1.807, 2.05) is 94.6 Å². The number of aliphatic hydroxyl groups is 1. The number of amides is 4. The number of thiazole rings is 2. The molecule has 4 N–H and O–H groups in total. The number of nitrogens with one attached hydrogen (secondary N) is 3. The maximum Gasteiger partial charge on any atom is 0.471 e. The van der Waals surface area contributed by atoms with E-state index >= 15 is 0 Å². The second kappa shape index (κ2) is 24.9. The first-order valence-electron chi connectivity index (χ1n) is 25.6. The smallest absolute Gasteiger partial charge is 0.391 e. The van der Waals surface area contributed by atoms with E-state index < -0.39 is 52.9 Å². The van der Waals surface area contributed by atoms with E-state index in [9.17, 15) is 37.5 Å². The molecule has 22 heteroatoms. The summed E-state index contributed by atoms with van der Waals surface area (Å²) in [7, 11) is 0. The number of carbonyl (C=O) groups excluding carboxylic acids is 4. The first kappa shape index (κ1) is 56.8. The topological polar surface area (TPSA) is 214 Å². The third-order valence-electron chi connectivity index (χ3n) is 13.9. The van der Waals surface area contributed by atoms with Crippen LogP contribution in [0.5, 0.6) is 0 Å². The van der Waals surface area contributed by atoms with Crippen LogP contribution < -0.4 is 16.0 Å². The van der Waals surface area contributed by atoms with E-state index in [1.54, 1.807) is 40.3 Å². The van der Waals surface area contributed by atoms with Gasteiger partial charge in [0.25, 0.3) is 5.91 Å². The summed E-state index contributed by atoms with van der Waals surface area (Å²) in [6.45, 7) is 12.7. The lowest BCUT2D eigenvalue weighted by Crippen LogP contribution is -2.58. The zero-order chi connectivity index (χ0) is 54.9. The number of carbonyl (C=O) groups is 4. The summed E-state index contributed by atoms with van der Waals surface area (Å²) in [6.07, 6.45) is -4.26. The van der Waals surface area contributed by atoms with Crippen LogP contribution in [0.25, 0.3) is 33.1 Å². The second-order valence-electron chi connectivity index (χ2n) is 20.6. The number of piperidine rings is 1. The van der Waals surface area contributed by atoms with Crippen molar-refractivity contribution in [1.29, 1.82) is 0 Å². The van der Waals surface area contributed by atoms with Crippen molar-refractivity contribution >= 4 is 46.3 Å². The number of nitrogens with zero attached hydrogens (tertiary/aromatic N) is 6. The molecule has 2 saturated heterocycles. The fraction of sp³-hybridized carbons (Fsp3) is 0.455. The lowest BCUT2D eigenvalue weighted by atomic mass is 9.78. The average molecular weight is 1100 g/mol. The lowest BCUT2D eigenvalue weighted by Gasteiger charge is -2.40. The minimum Gasteiger partial charge on any atom is -0.391 e. The highest BCUT2D eigenvalue weighted by atomic mass is 32.1. The molecule has 4 atom stereocenters. The Morgan fingerprint density at radius 2 is 1.60 bits per heavy atom. The quantitative estimate of drug-likeness (QED) is 0.0506. The van der Waals surface area contributed by atoms with Gasteiger partial charge in [-0.25, -0.2) is 9.97 Å². The van der Waals surface area contributed by atoms with Crippen molar-refractivity contribution in [2.75, 3.05) is 59.2 Å². The van der Waals surface area contributed by atoms with E-state index in [4.69, 9.17) is 14.5 Å². The van der Waals surface area contributed by atoms with Crippen molar-refractivity contribution in [2.24, 2.45) is 5.41 Å². The van der Waals surface area contributed by atoms with Crippen LogP contribution in [-0.4, -0.2) is 136 Å². The standard InChI is InChI=1S/C55H64F3N9O8S2/c1-34(36-14-16-38(17-15-36)45-35(2)60-33-77-45)61-49(71)43-29-41(68)30-67(43)50(72)46(53(3,4)5)63-44(69)18-24-73-26-27-74-25-23-66-21-19-54(20-22-66,52-62-42(31-76-52)37-10-7-6-8-11-37)32-59-48(70)40-13-9-12-39(28-40)47-64-51(75-65-47)55(56,57)58/h6-17,28,31,33-34,41,43,46,68H,18-27,29-30,32H2,1-5H3,(H,59,70)(H,61,71)(H,63,69)/t34-,41+,43-,46+/m0/s1. The molecular weight excluding hydrogens is 1040 g/mol. The van der Waals surface area contributed by atoms with Crippen molar-refractivity contribution in [3.63, 3.8) is 0 Å². The first-order valence-corrected chi connectivity index (χ1v) is 27.3. The monoisotopic (exact) mass is 1100 g/mol. The summed E-state index contributed by atoms with van der Waals surface area (Å²) in [5.41, 5.74) is 5.72. The number of hydrogen-bond donors (Lipinski definition) is 4. The molecule has 0 unspecified atom stereocenters. The number of rotatable bonds is 21. The molecule has 17 nitrogen and oxygen atoms in total. The molecule has 3 aromatic carbocycles. The average Bonchev–Trinajstić information content (AvgIpc) is 4.27. The summed E-state index contributed by atoms with van der Waals surface area (Å²) in [4.78, 5) is 72.3. The number of β-amino-alcohol motifs (C(OH)–C–C–N with tert-alkyl or cyclic N) is 1. The molecule has 5 heterocycles. The summed E-state index contributed by atoms with van der Waals surface area (Å²) >= 11 is 3.11. The number of alkyl halides is 3. The molecule has 0 aliphatic carbocycles. The molecule has 77 heavy (non-hydrogen) atoms. The Balaban J connectivity index is 0.772. The van der Waals surface area contributed by atoms with Crippen molar-refractivity contribution in [2.45, 2.75) is 96.1 Å². The fourth-order valence-corrected chi connectivity index (χ4v) is 11.4. The molecule has 2 aliphatic rings. The summed E-state index contributed by atoms with van der Waals surface area (Å²) in [5.74, 6) is -3.38. The van der Waals surface area contributed by atoms with Gasteiger partial charge in [0.15, 0.2) is 0 Å². The Bertz CT molecular complexity index is 2950. The maximum atomic E-state index is 14.1. The lowest BCUT2D eigenvalue weighted by molar-refractivity contribution is -0.159. The minimum atomic E-state index is -4.80. The van der Waals surface area contributed by atoms with Crippen molar-refractivity contribution in [1.82, 2.24) is 45.9 Å². The highest BCUT2D eigenvalue weighted by Gasteiger charge is 2.45. The molecule has 8 rings (SSSR count). The van der Waals surface area contributed by atoms with Crippen LogP contribution in [0, 0.1) is 12.3 Å². The number of benzene rings is 3. The predicted octanol–water partition coefficient (Wildman–Crippen LogP) is 7.87. The number of aromatic nitrogens is 4. The summed E-state index contributed by atoms with van der Waals surface area (Å²) < 4.78 is 55.5. The first-order chi connectivity index (χ1) is 36.8. The molecular formula is C55H64F3N9O8S2. The van der Waals surface area contributed by atoms with Crippen LogP contribution in [0.4, 0.5) is 13.2 Å². The van der Waals surface area contributed by atoms with Gasteiger partial charge in [-0.2, -0.15) is 18.2 Å². The van der Waals surface area contributed by atoms with Gasteiger partial charge in [0.1, 0.15) is 17.1 Å². The number of aliphatic hydroxyl groups excluding tert-OH is 1. The van der Waals surface area contributed by atoms with Crippen LogP contribution >= 0.6 is 22.7 Å². The van der Waals surface area contributed by atoms with Crippen LogP contribution in [0.1, 0.15) is 91.9 Å². The molecule has 0 radical (unpaired) electrons. The van der Waals surface area contributed by atoms with Crippen molar-refractivity contribution < 1.29 is 51.5 Å². The Morgan fingerprint density at radius 3 is 2.27 bits per heavy atom. The Labute approximate surface area is 453 Å². The largest absolute Gasteiger partial charge is 0.471 e. The number of hydrogen-bond acceptors (Lipinski definition) is 15. The summed E-state index contributed by atoms with van der Waals surface area (Å²) in [6, 6.07) is 21.5. The van der Waals surface area contributed by atoms with Gasteiger partial charge >= 0.3 is 12.1 Å². The zero-order valence-corrected chi connectivity index (χ0v) is 45.2. The molecule has 0 saturated carbocycles. The molecule has 2 fully saturated rings. The van der Waals surface area contributed by atoms with Crippen LogP contribution in [0.15, 0.2) is 94.3 Å². The fourth-order valence-electron chi connectivity index (χ4n) is 9.47. The molecule has 3 aromatic heterocycles. The minimum absolute atomic E-state index is 0.00797. The molecule has 0 bridgehead atoms. The van der Waals surface area contributed by atoms with Gasteiger partial charge in [0.2, 0.25) is 23.5 Å². The normalized spacial score (nSPS) is 17.7. The highest BCUT2D eigenvalue weighted by Crippen LogP contribution is 2.39. The molecule has 6 aromatic rings. The van der Waals surface area contributed by atoms with Gasteiger partial charge < -0.3 is 44.9 Å². The summed E-state index contributed by atoms with van der Waals surface area (Å²) in [5, 5.41) is 26.0. The molecule has 2 aliphatic heterocycles. The third kappa shape index (κ3) is 14.4. The van der Waals surface area contributed by atoms with Gasteiger partial charge in [-0.05, 0) is 68.5 Å². The second-order valence-corrected chi connectivity index (χ2v) is 22.3. The van der Waals surface area contributed by atoms with Crippen LogP contribution in [0.3, 0.4) is 0 Å². The maximum absolute atomic E-state index is 14.1. The number of aryl methyl sites for hydroxylation is 1. The van der Waals surface area contributed by atoms with Gasteiger partial charge in [0, 0.05) is 60.0 Å². The highest BCUT2D eigenvalue weighted by molar-refractivity contribution is 7.13. The Morgan fingerprint density at radius 1 is 0.883 bits per heavy atom. The van der Waals surface area contributed by atoms with Gasteiger partial charge in [-0.3, -0.25) is 19.2 Å². The van der Waals surface area contributed by atoms with Gasteiger partial charge in [-0.1, -0.05) is 92.7 Å². The molecule has 4 amide bonds.